The zero-order chi connectivity index (χ0) is 14.9. The first-order chi connectivity index (χ1) is 10.4. The first kappa shape index (κ1) is 16.5. The molecular weight excluding hydrogens is 258 g/mol. The highest BCUT2D eigenvalue weighted by Gasteiger charge is 2.28. The molecule has 0 saturated carbocycles. The van der Waals surface area contributed by atoms with Gasteiger partial charge in [0, 0.05) is 13.2 Å². The summed E-state index contributed by atoms with van der Waals surface area (Å²) in [6.45, 7) is 3.40. The van der Waals surface area contributed by atoms with E-state index in [1.807, 2.05) is 7.11 Å². The molecule has 2 atom stereocenters. The first-order valence-corrected chi connectivity index (χ1v) is 8.70. The number of unbranched alkanes of at least 4 members (excludes halogenated alkanes) is 5. The van der Waals surface area contributed by atoms with Crippen molar-refractivity contribution in [2.45, 2.75) is 70.4 Å². The Balaban J connectivity index is 1.74. The van der Waals surface area contributed by atoms with Crippen LogP contribution in [0.5, 0.6) is 0 Å². The molecule has 2 rings (SSSR count). The van der Waals surface area contributed by atoms with Crippen molar-refractivity contribution >= 4 is 0 Å². The van der Waals surface area contributed by atoms with Gasteiger partial charge >= 0.3 is 0 Å². The summed E-state index contributed by atoms with van der Waals surface area (Å²) in [4.78, 5) is 0. The van der Waals surface area contributed by atoms with Crippen LogP contribution in [0.3, 0.4) is 0 Å². The van der Waals surface area contributed by atoms with Crippen LogP contribution in [0.1, 0.15) is 69.1 Å². The molecule has 0 heterocycles. The number of benzene rings is 1. The molecule has 1 aliphatic rings. The van der Waals surface area contributed by atoms with Gasteiger partial charge in [0.25, 0.3) is 0 Å². The zero-order valence-corrected chi connectivity index (χ0v) is 13.7. The van der Waals surface area contributed by atoms with Crippen LogP contribution in [0, 0.1) is 0 Å². The van der Waals surface area contributed by atoms with E-state index in [0.29, 0.717) is 6.04 Å². The monoisotopic (exact) mass is 289 g/mol. The van der Waals surface area contributed by atoms with Crippen molar-refractivity contribution in [3.8, 4) is 0 Å². The second-order valence-corrected chi connectivity index (χ2v) is 6.22. The Morgan fingerprint density at radius 3 is 2.67 bits per heavy atom. The molecule has 0 saturated heterocycles. The molecule has 0 spiro atoms. The van der Waals surface area contributed by atoms with Crippen LogP contribution in [0.4, 0.5) is 0 Å². The van der Waals surface area contributed by atoms with E-state index in [2.05, 4.69) is 36.5 Å². The summed E-state index contributed by atoms with van der Waals surface area (Å²) in [7, 11) is 1.84. The van der Waals surface area contributed by atoms with Gasteiger partial charge in [-0.1, -0.05) is 63.3 Å². The molecule has 1 aromatic rings. The molecule has 118 valence electrons. The van der Waals surface area contributed by atoms with E-state index in [1.54, 1.807) is 0 Å². The molecule has 2 unspecified atom stereocenters. The third-order valence-corrected chi connectivity index (χ3v) is 4.64. The lowest BCUT2D eigenvalue weighted by Gasteiger charge is -2.33. The quantitative estimate of drug-likeness (QED) is 0.669. The summed E-state index contributed by atoms with van der Waals surface area (Å²) in [5.41, 5.74) is 2.84. The van der Waals surface area contributed by atoms with Crippen molar-refractivity contribution in [1.82, 2.24) is 5.32 Å². The maximum Gasteiger partial charge on any atom is 0.0976 e. The topological polar surface area (TPSA) is 21.3 Å². The van der Waals surface area contributed by atoms with Crippen molar-refractivity contribution in [3.63, 3.8) is 0 Å². The van der Waals surface area contributed by atoms with Crippen LogP contribution < -0.4 is 5.32 Å². The smallest absolute Gasteiger partial charge is 0.0976 e. The molecule has 0 fully saturated rings. The fourth-order valence-electron chi connectivity index (χ4n) is 3.41. The summed E-state index contributed by atoms with van der Waals surface area (Å²) < 4.78 is 5.78. The summed E-state index contributed by atoms with van der Waals surface area (Å²) in [6.07, 6.45) is 10.7. The van der Waals surface area contributed by atoms with Crippen LogP contribution in [-0.4, -0.2) is 19.7 Å². The van der Waals surface area contributed by atoms with Gasteiger partial charge in [0.1, 0.15) is 0 Å². The molecule has 0 aromatic heterocycles. The fourth-order valence-corrected chi connectivity index (χ4v) is 3.41. The van der Waals surface area contributed by atoms with E-state index < -0.39 is 0 Å². The molecule has 21 heavy (non-hydrogen) atoms. The van der Waals surface area contributed by atoms with E-state index in [9.17, 15) is 0 Å². The van der Waals surface area contributed by atoms with Crippen molar-refractivity contribution in [3.05, 3.63) is 35.4 Å². The third-order valence-electron chi connectivity index (χ3n) is 4.64. The Morgan fingerprint density at radius 1 is 1.10 bits per heavy atom. The Hall–Kier alpha value is -0.860. The SMILES string of the molecule is CCCCCCCCNC1CCc2ccccc2C1OC. The van der Waals surface area contributed by atoms with E-state index in [0.717, 1.165) is 6.54 Å². The fraction of sp³-hybridized carbons (Fsp3) is 0.684. The number of ether oxygens (including phenoxy) is 1. The molecule has 0 aliphatic heterocycles. The van der Waals surface area contributed by atoms with E-state index in [-0.39, 0.29) is 6.10 Å². The third kappa shape index (κ3) is 4.82. The lowest BCUT2D eigenvalue weighted by Crippen LogP contribution is -2.39. The van der Waals surface area contributed by atoms with Crippen LogP contribution in [0.2, 0.25) is 0 Å². The summed E-state index contributed by atoms with van der Waals surface area (Å²) in [5.74, 6) is 0. The number of hydrogen-bond acceptors (Lipinski definition) is 2. The number of nitrogens with one attached hydrogen (secondary N) is 1. The van der Waals surface area contributed by atoms with Crippen molar-refractivity contribution in [1.29, 1.82) is 0 Å². The van der Waals surface area contributed by atoms with Gasteiger partial charge in [0.2, 0.25) is 0 Å². The Labute approximate surface area is 130 Å². The van der Waals surface area contributed by atoms with Gasteiger partial charge in [-0.3, -0.25) is 0 Å². The summed E-state index contributed by atoms with van der Waals surface area (Å²) >= 11 is 0. The van der Waals surface area contributed by atoms with E-state index in [1.165, 1.54) is 62.5 Å². The highest BCUT2D eigenvalue weighted by molar-refractivity contribution is 5.32. The average molecular weight is 289 g/mol. The first-order valence-electron chi connectivity index (χ1n) is 8.70. The Kier molecular flexibility index (Phi) is 7.25. The second-order valence-electron chi connectivity index (χ2n) is 6.22. The molecular formula is C19H31NO. The lowest BCUT2D eigenvalue weighted by molar-refractivity contribution is 0.0584. The summed E-state index contributed by atoms with van der Waals surface area (Å²) in [5, 5.41) is 3.73. The molecule has 1 N–H and O–H groups in total. The Morgan fingerprint density at radius 2 is 1.86 bits per heavy atom. The number of aryl methyl sites for hydroxylation is 1. The van der Waals surface area contributed by atoms with Gasteiger partial charge in [-0.2, -0.15) is 0 Å². The normalized spacial score (nSPS) is 21.2. The highest BCUT2D eigenvalue weighted by Crippen LogP contribution is 2.32. The van der Waals surface area contributed by atoms with E-state index >= 15 is 0 Å². The van der Waals surface area contributed by atoms with Crippen molar-refractivity contribution in [2.24, 2.45) is 0 Å². The van der Waals surface area contributed by atoms with Crippen LogP contribution in [0.15, 0.2) is 24.3 Å². The van der Waals surface area contributed by atoms with Gasteiger partial charge < -0.3 is 10.1 Å². The molecule has 0 radical (unpaired) electrons. The van der Waals surface area contributed by atoms with Gasteiger partial charge in [-0.25, -0.2) is 0 Å². The van der Waals surface area contributed by atoms with E-state index in [4.69, 9.17) is 4.74 Å². The van der Waals surface area contributed by atoms with Crippen LogP contribution in [0.25, 0.3) is 0 Å². The number of rotatable bonds is 9. The molecule has 0 bridgehead atoms. The largest absolute Gasteiger partial charge is 0.375 e. The maximum absolute atomic E-state index is 5.78. The summed E-state index contributed by atoms with van der Waals surface area (Å²) in [6, 6.07) is 9.20. The minimum Gasteiger partial charge on any atom is -0.375 e. The maximum atomic E-state index is 5.78. The Bertz CT molecular complexity index is 404. The van der Waals surface area contributed by atoms with Gasteiger partial charge in [-0.15, -0.1) is 0 Å². The number of hydrogen-bond donors (Lipinski definition) is 1. The van der Waals surface area contributed by atoms with Crippen molar-refractivity contribution < 1.29 is 4.74 Å². The predicted molar refractivity (Wildman–Crippen MR) is 89.7 cm³/mol. The predicted octanol–water partition coefficient (Wildman–Crippen LogP) is 4.64. The second kappa shape index (κ2) is 9.22. The minimum absolute atomic E-state index is 0.218. The molecule has 2 heteroatoms. The van der Waals surface area contributed by atoms with Crippen LogP contribution in [-0.2, 0) is 11.2 Å². The van der Waals surface area contributed by atoms with Crippen LogP contribution >= 0.6 is 0 Å². The molecule has 1 aromatic carbocycles. The van der Waals surface area contributed by atoms with Gasteiger partial charge in [0.05, 0.1) is 6.10 Å². The minimum atomic E-state index is 0.218. The van der Waals surface area contributed by atoms with Gasteiger partial charge in [0.15, 0.2) is 0 Å². The standard InChI is InChI=1S/C19H31NO/c1-3-4-5-6-7-10-15-20-18-14-13-16-11-8-9-12-17(16)19(18)21-2/h8-9,11-12,18-20H,3-7,10,13-15H2,1-2H3. The zero-order valence-electron chi connectivity index (χ0n) is 13.7. The number of fused-ring (bicyclic) bond motifs is 1. The highest BCUT2D eigenvalue weighted by atomic mass is 16.5. The number of methoxy groups -OCH3 is 1. The molecule has 1 aliphatic carbocycles. The van der Waals surface area contributed by atoms with Gasteiger partial charge in [-0.05, 0) is 36.9 Å². The molecule has 2 nitrogen and oxygen atoms in total. The lowest BCUT2D eigenvalue weighted by atomic mass is 9.85. The average Bonchev–Trinajstić information content (AvgIpc) is 2.53. The van der Waals surface area contributed by atoms with Crippen molar-refractivity contribution in [2.75, 3.05) is 13.7 Å². The molecule has 0 amide bonds.